The van der Waals surface area contributed by atoms with E-state index in [1.54, 1.807) is 12.1 Å². The smallest absolute Gasteiger partial charge is 0.306 e. The molecule has 0 saturated heterocycles. The van der Waals surface area contributed by atoms with Gasteiger partial charge in [0.25, 0.3) is 0 Å². The molecule has 1 aromatic carbocycles. The molecule has 1 aromatic rings. The van der Waals surface area contributed by atoms with Crippen molar-refractivity contribution in [3.63, 3.8) is 0 Å². The van der Waals surface area contributed by atoms with Gasteiger partial charge in [-0.25, -0.2) is 0 Å². The molecule has 2 atom stereocenters. The van der Waals surface area contributed by atoms with Crippen molar-refractivity contribution in [3.8, 4) is 0 Å². The van der Waals surface area contributed by atoms with Crippen LogP contribution in [0, 0.1) is 0 Å². The molecule has 5 heteroatoms. The molecule has 4 N–H and O–H groups in total. The summed E-state index contributed by atoms with van der Waals surface area (Å²) >= 11 is 0. The Bertz CT molecular complexity index is 436. The van der Waals surface area contributed by atoms with E-state index < -0.39 is 24.6 Å². The number of rotatable bonds is 6. The first-order chi connectivity index (χ1) is 9.19. The molecule has 0 spiro atoms. The third-order valence-corrected chi connectivity index (χ3v) is 2.89. The molecule has 20 heavy (non-hydrogen) atoms. The van der Waals surface area contributed by atoms with E-state index >= 15 is 0 Å². The Hall–Kier alpha value is -1.43. The minimum Gasteiger partial charge on any atom is -0.481 e. The van der Waals surface area contributed by atoms with Crippen LogP contribution in [0.15, 0.2) is 24.3 Å². The Morgan fingerprint density at radius 2 is 1.75 bits per heavy atom. The Morgan fingerprint density at radius 3 is 2.20 bits per heavy atom. The lowest BCUT2D eigenvalue weighted by Crippen LogP contribution is -2.35. The molecular formula is C15H23NO4. The summed E-state index contributed by atoms with van der Waals surface area (Å²) in [5.41, 5.74) is 1.59. The molecule has 2 unspecified atom stereocenters. The first-order valence-corrected chi connectivity index (χ1v) is 6.61. The maximum Gasteiger partial charge on any atom is 0.306 e. The Balaban J connectivity index is 2.63. The zero-order chi connectivity index (χ0) is 15.3. The largest absolute Gasteiger partial charge is 0.481 e. The lowest BCUT2D eigenvalue weighted by Gasteiger charge is -2.21. The minimum atomic E-state index is -1.30. The van der Waals surface area contributed by atoms with Crippen LogP contribution >= 0.6 is 0 Å². The fraction of sp³-hybridized carbons (Fsp3) is 0.533. The van der Waals surface area contributed by atoms with Gasteiger partial charge in [-0.1, -0.05) is 24.3 Å². The average molecular weight is 281 g/mol. The number of aliphatic carboxylic acids is 1. The van der Waals surface area contributed by atoms with Crippen molar-refractivity contribution in [1.82, 2.24) is 5.32 Å². The zero-order valence-corrected chi connectivity index (χ0v) is 12.1. The highest BCUT2D eigenvalue weighted by molar-refractivity contribution is 5.67. The number of carbonyl (C=O) groups is 1. The average Bonchev–Trinajstić information content (AvgIpc) is 2.34. The lowest BCUT2D eigenvalue weighted by molar-refractivity contribution is -0.141. The van der Waals surface area contributed by atoms with Gasteiger partial charge in [0, 0.05) is 12.1 Å². The molecule has 0 bridgehead atoms. The topological polar surface area (TPSA) is 89.8 Å². The number of carboxylic acid groups (broad SMARTS) is 1. The normalized spacial score (nSPS) is 14.8. The minimum absolute atomic E-state index is 0.0237. The van der Waals surface area contributed by atoms with Crippen LogP contribution in [-0.2, 0) is 11.3 Å². The number of nitrogens with one attached hydrogen (secondary N) is 1. The van der Waals surface area contributed by atoms with Gasteiger partial charge in [-0.2, -0.15) is 0 Å². The third-order valence-electron chi connectivity index (χ3n) is 2.89. The van der Waals surface area contributed by atoms with Gasteiger partial charge in [0.1, 0.15) is 6.10 Å². The number of hydrogen-bond acceptors (Lipinski definition) is 4. The van der Waals surface area contributed by atoms with Crippen molar-refractivity contribution in [3.05, 3.63) is 35.4 Å². The van der Waals surface area contributed by atoms with E-state index in [0.29, 0.717) is 12.1 Å². The highest BCUT2D eigenvalue weighted by atomic mass is 16.4. The van der Waals surface area contributed by atoms with Crippen molar-refractivity contribution in [1.29, 1.82) is 0 Å². The summed E-state index contributed by atoms with van der Waals surface area (Å²) in [6, 6.07) is 7.11. The molecule has 0 fully saturated rings. The Kier molecular flexibility index (Phi) is 5.68. The van der Waals surface area contributed by atoms with E-state index in [1.165, 1.54) is 0 Å². The summed E-state index contributed by atoms with van der Waals surface area (Å²) in [7, 11) is 0. The van der Waals surface area contributed by atoms with Gasteiger partial charge in [-0.3, -0.25) is 4.79 Å². The van der Waals surface area contributed by atoms with E-state index in [9.17, 15) is 15.0 Å². The van der Waals surface area contributed by atoms with Crippen LogP contribution in [0.4, 0.5) is 0 Å². The molecule has 0 aliphatic rings. The number of hydrogen-bond donors (Lipinski definition) is 4. The molecule has 1 rings (SSSR count). The summed E-state index contributed by atoms with van der Waals surface area (Å²) in [5, 5.41) is 31.4. The van der Waals surface area contributed by atoms with Gasteiger partial charge < -0.3 is 20.6 Å². The van der Waals surface area contributed by atoms with Gasteiger partial charge >= 0.3 is 5.97 Å². The van der Waals surface area contributed by atoms with Crippen LogP contribution in [0.1, 0.15) is 44.4 Å². The molecule has 112 valence electrons. The summed E-state index contributed by atoms with van der Waals surface area (Å²) in [4.78, 5) is 10.5. The fourth-order valence-corrected chi connectivity index (χ4v) is 1.71. The lowest BCUT2D eigenvalue weighted by atomic mass is 10.0. The van der Waals surface area contributed by atoms with Crippen molar-refractivity contribution >= 4 is 5.97 Å². The second-order valence-electron chi connectivity index (χ2n) is 5.96. The second kappa shape index (κ2) is 6.83. The van der Waals surface area contributed by atoms with Crippen LogP contribution < -0.4 is 5.32 Å². The Labute approximate surface area is 119 Å². The number of aliphatic hydroxyl groups excluding tert-OH is 2. The van der Waals surface area contributed by atoms with E-state index in [-0.39, 0.29) is 5.54 Å². The first-order valence-electron chi connectivity index (χ1n) is 6.61. The highest BCUT2D eigenvalue weighted by Crippen LogP contribution is 2.19. The molecule has 0 aliphatic heterocycles. The van der Waals surface area contributed by atoms with E-state index in [1.807, 2.05) is 12.1 Å². The zero-order valence-electron chi connectivity index (χ0n) is 12.1. The maximum absolute atomic E-state index is 10.5. The first kappa shape index (κ1) is 16.6. The van der Waals surface area contributed by atoms with Crippen LogP contribution in [0.2, 0.25) is 0 Å². The molecule has 5 nitrogen and oxygen atoms in total. The standard InChI is InChI=1S/C15H23NO4/c1-15(2,3)16-9-10-4-6-11(7-5-10)14(20)12(17)8-13(18)19/h4-7,12,14,16-17,20H,8-9H2,1-3H3,(H,18,19). The second-order valence-corrected chi connectivity index (χ2v) is 5.96. The van der Waals surface area contributed by atoms with Crippen LogP contribution in [-0.4, -0.2) is 32.9 Å². The van der Waals surface area contributed by atoms with E-state index in [4.69, 9.17) is 5.11 Å². The van der Waals surface area contributed by atoms with Gasteiger partial charge in [-0.05, 0) is 31.9 Å². The molecule has 0 radical (unpaired) electrons. The van der Waals surface area contributed by atoms with Gasteiger partial charge in [0.05, 0.1) is 12.5 Å². The summed E-state index contributed by atoms with van der Waals surface area (Å²) < 4.78 is 0. The number of carboxylic acids is 1. The molecular weight excluding hydrogens is 258 g/mol. The molecule has 0 aliphatic carbocycles. The fourth-order valence-electron chi connectivity index (χ4n) is 1.71. The van der Waals surface area contributed by atoms with E-state index in [2.05, 4.69) is 26.1 Å². The van der Waals surface area contributed by atoms with Gasteiger partial charge in [-0.15, -0.1) is 0 Å². The van der Waals surface area contributed by atoms with Gasteiger partial charge in [0.15, 0.2) is 0 Å². The predicted octanol–water partition coefficient (Wildman–Crippen LogP) is 1.44. The summed E-state index contributed by atoms with van der Waals surface area (Å²) in [6.07, 6.45) is -2.96. The monoisotopic (exact) mass is 281 g/mol. The third kappa shape index (κ3) is 5.69. The van der Waals surface area contributed by atoms with Crippen molar-refractivity contribution in [2.24, 2.45) is 0 Å². The van der Waals surface area contributed by atoms with Crippen LogP contribution in [0.25, 0.3) is 0 Å². The van der Waals surface area contributed by atoms with Gasteiger partial charge in [0.2, 0.25) is 0 Å². The van der Waals surface area contributed by atoms with E-state index in [0.717, 1.165) is 5.56 Å². The molecule has 0 saturated carbocycles. The SMILES string of the molecule is CC(C)(C)NCc1ccc(C(O)C(O)CC(=O)O)cc1. The highest BCUT2D eigenvalue weighted by Gasteiger charge is 2.21. The number of benzene rings is 1. The molecule has 0 amide bonds. The van der Waals surface area contributed by atoms with Crippen molar-refractivity contribution in [2.45, 2.75) is 51.5 Å². The van der Waals surface area contributed by atoms with Crippen molar-refractivity contribution < 1.29 is 20.1 Å². The molecule has 0 heterocycles. The quantitative estimate of drug-likeness (QED) is 0.633. The van der Waals surface area contributed by atoms with Crippen LogP contribution in [0.3, 0.4) is 0 Å². The maximum atomic E-state index is 10.5. The van der Waals surface area contributed by atoms with Crippen LogP contribution in [0.5, 0.6) is 0 Å². The molecule has 0 aromatic heterocycles. The summed E-state index contributed by atoms with van der Waals surface area (Å²) in [6.45, 7) is 6.94. The summed E-state index contributed by atoms with van der Waals surface area (Å²) in [5.74, 6) is -1.14. The Morgan fingerprint density at radius 1 is 1.20 bits per heavy atom. The number of aliphatic hydroxyl groups is 2. The van der Waals surface area contributed by atoms with Crippen molar-refractivity contribution in [2.75, 3.05) is 0 Å². The predicted molar refractivity (Wildman–Crippen MR) is 76.3 cm³/mol.